The lowest BCUT2D eigenvalue weighted by atomic mass is 10.0. The molecule has 0 radical (unpaired) electrons. The highest BCUT2D eigenvalue weighted by molar-refractivity contribution is 6.41. The first-order valence-corrected chi connectivity index (χ1v) is 9.87. The molecule has 0 N–H and O–H groups in total. The van der Waals surface area contributed by atoms with Crippen molar-refractivity contribution in [2.45, 2.75) is 0 Å². The molecule has 0 spiro atoms. The summed E-state index contributed by atoms with van der Waals surface area (Å²) in [6.07, 6.45) is 1.06. The fraction of sp³-hybridized carbons (Fsp3) is 0. The second-order valence-electron chi connectivity index (χ2n) is 7.59. The molecule has 172 valence electrons. The Morgan fingerprint density at radius 3 is 1.74 bits per heavy atom. The van der Waals surface area contributed by atoms with E-state index in [-0.39, 0.29) is 22.6 Å². The summed E-state index contributed by atoms with van der Waals surface area (Å²) in [5, 5.41) is 1.54. The smallest absolute Gasteiger partial charge is 0.288 e. The molecule has 2 aromatic heterocycles. The molecule has 3 aromatic carbocycles. The molecule has 11 heteroatoms. The third-order valence-corrected chi connectivity index (χ3v) is 5.55. The summed E-state index contributed by atoms with van der Waals surface area (Å²) >= 11 is 0. The molecule has 0 fully saturated rings. The van der Waals surface area contributed by atoms with Crippen LogP contribution in [0.5, 0.6) is 0 Å². The number of Topliss-reactive ketones (excluding diaryl/α,β-unsaturated/α-hetero) is 2. The molecule has 1 aliphatic rings. The first-order chi connectivity index (χ1) is 16.7. The Balaban J connectivity index is 1.40. The second-order valence-corrected chi connectivity index (χ2v) is 7.59. The van der Waals surface area contributed by atoms with Crippen LogP contribution in [0.2, 0.25) is 0 Å². The van der Waals surface area contributed by atoms with E-state index in [2.05, 4.69) is 9.97 Å². The summed E-state index contributed by atoms with van der Waals surface area (Å²) in [6.45, 7) is 0. The quantitative estimate of drug-likeness (QED) is 0.104. The number of allylic oxidation sites excluding steroid dienone is 1. The van der Waals surface area contributed by atoms with E-state index in [4.69, 9.17) is 8.83 Å². The van der Waals surface area contributed by atoms with Gasteiger partial charge < -0.3 is 8.83 Å². The Hall–Kier alpha value is -4.67. The molecule has 6 rings (SSSR count). The van der Waals surface area contributed by atoms with Crippen molar-refractivity contribution in [2.75, 3.05) is 0 Å². The van der Waals surface area contributed by atoms with Crippen LogP contribution in [0.25, 0.3) is 39.7 Å². The number of hydrogen-bond acceptors (Lipinski definition) is 6. The molecule has 1 aliphatic carbocycles. The number of carbonyl (C=O) groups excluding carboxylic acids is 2. The summed E-state index contributed by atoms with van der Waals surface area (Å²) in [5.74, 6) is -13.3. The van der Waals surface area contributed by atoms with Gasteiger partial charge in [0.15, 0.2) is 34.8 Å². The largest absolute Gasteiger partial charge is 0.415 e. The first kappa shape index (κ1) is 20.9. The average molecular weight is 482 g/mol. The molecule has 2 heterocycles. The molecule has 5 aromatic rings. The van der Waals surface area contributed by atoms with Crippen LogP contribution in [-0.4, -0.2) is 21.5 Å². The number of fused-ring (bicyclic) bond motifs is 3. The molecular weight excluding hydrogens is 475 g/mol. The van der Waals surface area contributed by atoms with Crippen molar-refractivity contribution in [3.8, 4) is 11.5 Å². The van der Waals surface area contributed by atoms with Crippen molar-refractivity contribution in [1.29, 1.82) is 0 Å². The van der Waals surface area contributed by atoms with Crippen molar-refractivity contribution >= 4 is 39.8 Å². The van der Waals surface area contributed by atoms with E-state index < -0.39 is 63.5 Å². The zero-order chi connectivity index (χ0) is 24.6. The minimum absolute atomic E-state index is 0.210. The predicted molar refractivity (Wildman–Crippen MR) is 110 cm³/mol. The number of carbonyl (C=O) groups is 2. The van der Waals surface area contributed by atoms with Gasteiger partial charge in [0.05, 0.1) is 5.57 Å². The highest BCUT2D eigenvalue weighted by Gasteiger charge is 2.34. The van der Waals surface area contributed by atoms with E-state index >= 15 is 0 Å². The summed E-state index contributed by atoms with van der Waals surface area (Å²) in [4.78, 5) is 33.1. The Bertz CT molecular complexity index is 1680. The third-order valence-electron chi connectivity index (χ3n) is 5.55. The van der Waals surface area contributed by atoms with Crippen LogP contribution in [0.4, 0.5) is 22.0 Å². The van der Waals surface area contributed by atoms with Crippen LogP contribution in [-0.2, 0) is 0 Å². The van der Waals surface area contributed by atoms with Crippen LogP contribution in [0.3, 0.4) is 0 Å². The second kappa shape index (κ2) is 7.16. The number of benzene rings is 3. The standard InChI is InChI=1S/C24H7F5N2O4/c25-15-14(16(26)18(28)19(29)17(15)27)22-31-24-23(35-22)30-13(34-24)7-12-20(32)10-5-8-3-1-2-4-9(8)6-11(10)21(12)33/h1-7H. The van der Waals surface area contributed by atoms with Gasteiger partial charge in [-0.3, -0.25) is 9.59 Å². The Morgan fingerprint density at radius 2 is 1.20 bits per heavy atom. The van der Waals surface area contributed by atoms with Gasteiger partial charge in [0.25, 0.3) is 11.4 Å². The topological polar surface area (TPSA) is 86.2 Å². The van der Waals surface area contributed by atoms with Gasteiger partial charge in [-0.1, -0.05) is 24.3 Å². The molecule has 0 aliphatic heterocycles. The van der Waals surface area contributed by atoms with Gasteiger partial charge in [0.1, 0.15) is 5.56 Å². The number of hydrogen-bond donors (Lipinski definition) is 0. The maximum atomic E-state index is 14.0. The van der Waals surface area contributed by atoms with E-state index in [0.29, 0.717) is 0 Å². The van der Waals surface area contributed by atoms with E-state index in [1.165, 1.54) is 0 Å². The zero-order valence-corrected chi connectivity index (χ0v) is 17.0. The van der Waals surface area contributed by atoms with Crippen molar-refractivity contribution in [3.05, 3.63) is 88.1 Å². The monoisotopic (exact) mass is 482 g/mol. The van der Waals surface area contributed by atoms with Gasteiger partial charge in [-0.05, 0) is 22.9 Å². The molecule has 0 atom stereocenters. The van der Waals surface area contributed by atoms with Gasteiger partial charge in [0.2, 0.25) is 17.6 Å². The van der Waals surface area contributed by atoms with E-state index in [1.807, 2.05) is 0 Å². The summed E-state index contributed by atoms with van der Waals surface area (Å²) in [7, 11) is 0. The van der Waals surface area contributed by atoms with Gasteiger partial charge in [0, 0.05) is 17.2 Å². The van der Waals surface area contributed by atoms with Crippen molar-refractivity contribution in [1.82, 2.24) is 9.97 Å². The Kier molecular flexibility index (Phi) is 4.28. The molecule has 0 saturated carbocycles. The van der Waals surface area contributed by atoms with Crippen molar-refractivity contribution in [2.24, 2.45) is 0 Å². The summed E-state index contributed by atoms with van der Waals surface area (Å²) < 4.78 is 78.6. The van der Waals surface area contributed by atoms with Gasteiger partial charge >= 0.3 is 0 Å². The lowest BCUT2D eigenvalue weighted by molar-refractivity contribution is 0.0990. The Labute approximate surface area is 190 Å². The molecule has 0 unspecified atom stereocenters. The lowest BCUT2D eigenvalue weighted by Gasteiger charge is -2.04. The summed E-state index contributed by atoms with van der Waals surface area (Å²) in [5.41, 5.74) is -2.10. The van der Waals surface area contributed by atoms with Gasteiger partial charge in [-0.2, -0.15) is 9.97 Å². The average Bonchev–Trinajstić information content (AvgIpc) is 3.48. The first-order valence-electron chi connectivity index (χ1n) is 9.87. The third kappa shape index (κ3) is 2.94. The molecule has 35 heavy (non-hydrogen) atoms. The van der Waals surface area contributed by atoms with Crippen LogP contribution in [0.15, 0.2) is 50.8 Å². The van der Waals surface area contributed by atoms with Crippen LogP contribution < -0.4 is 0 Å². The molecule has 0 saturated heterocycles. The molecule has 6 nitrogen and oxygen atoms in total. The van der Waals surface area contributed by atoms with Gasteiger partial charge in [-0.15, -0.1) is 0 Å². The van der Waals surface area contributed by atoms with Crippen molar-refractivity contribution in [3.63, 3.8) is 0 Å². The maximum Gasteiger partial charge on any atom is 0.288 e. The van der Waals surface area contributed by atoms with Crippen LogP contribution >= 0.6 is 0 Å². The fourth-order valence-electron chi connectivity index (χ4n) is 3.88. The number of oxazole rings is 2. The normalized spacial score (nSPS) is 13.3. The highest BCUT2D eigenvalue weighted by atomic mass is 19.2. The minimum atomic E-state index is -2.33. The van der Waals surface area contributed by atoms with Gasteiger partial charge in [-0.25, -0.2) is 22.0 Å². The molecule has 0 amide bonds. The van der Waals surface area contributed by atoms with E-state index in [1.54, 1.807) is 36.4 Å². The number of nitrogens with zero attached hydrogens (tertiary/aromatic N) is 2. The minimum Gasteiger partial charge on any atom is -0.415 e. The highest BCUT2D eigenvalue weighted by Crippen LogP contribution is 2.34. The zero-order valence-electron chi connectivity index (χ0n) is 17.0. The summed E-state index contributed by atoms with van der Waals surface area (Å²) in [6, 6.07) is 10.4. The van der Waals surface area contributed by atoms with Crippen LogP contribution in [0.1, 0.15) is 26.6 Å². The predicted octanol–water partition coefficient (Wildman–Crippen LogP) is 5.79. The van der Waals surface area contributed by atoms with E-state index in [0.717, 1.165) is 16.8 Å². The van der Waals surface area contributed by atoms with Crippen LogP contribution in [0, 0.1) is 29.1 Å². The van der Waals surface area contributed by atoms with Crippen molar-refractivity contribution < 1.29 is 40.4 Å². The number of rotatable bonds is 2. The lowest BCUT2D eigenvalue weighted by Crippen LogP contribution is -2.04. The molecular formula is C24H7F5N2O4. The number of ketones is 2. The SMILES string of the molecule is O=C1C(=Cc2nc3oc(-c4c(F)c(F)c(F)c(F)c4F)nc3o2)C(=O)c2cc3ccccc3cc21. The fourth-order valence-corrected chi connectivity index (χ4v) is 3.88. The Morgan fingerprint density at radius 1 is 0.686 bits per heavy atom. The molecule has 0 bridgehead atoms. The number of aromatic nitrogens is 2. The maximum absolute atomic E-state index is 14.0. The van der Waals surface area contributed by atoms with E-state index in [9.17, 15) is 31.5 Å². The number of halogens is 5.